The number of hydrogen-bond acceptors (Lipinski definition) is 5. The molecule has 1 aliphatic carbocycles. The number of carbonyl (C=O) groups is 1. The fraction of sp³-hybridized carbons (Fsp3) is 0.389. The Morgan fingerprint density at radius 1 is 1.42 bits per heavy atom. The third kappa shape index (κ3) is 3.26. The Morgan fingerprint density at radius 2 is 2.12 bits per heavy atom. The number of nitro benzene ring substituents is 1. The first kappa shape index (κ1) is 17.9. The van der Waals surface area contributed by atoms with Gasteiger partial charge in [0.25, 0.3) is 11.6 Å². The SMILES string of the molecule is Cc1cc2c(o1)CC(C)(C)C[C@H]2NC(=O)c1cc(F)cc([N+](=O)[O-])c1N. The Kier molecular flexibility index (Phi) is 4.21. The maximum Gasteiger partial charge on any atom is 0.295 e. The summed E-state index contributed by atoms with van der Waals surface area (Å²) in [7, 11) is 0. The maximum atomic E-state index is 13.7. The molecule has 0 unspecified atom stereocenters. The number of carbonyl (C=O) groups excluding carboxylic acids is 1. The van der Waals surface area contributed by atoms with Crippen LogP contribution in [-0.4, -0.2) is 10.8 Å². The van der Waals surface area contributed by atoms with Crippen molar-refractivity contribution in [2.24, 2.45) is 5.41 Å². The van der Waals surface area contributed by atoms with Crippen LogP contribution in [0.2, 0.25) is 0 Å². The Hall–Kier alpha value is -2.90. The van der Waals surface area contributed by atoms with Crippen LogP contribution in [0.5, 0.6) is 0 Å². The van der Waals surface area contributed by atoms with E-state index in [1.807, 2.05) is 13.0 Å². The van der Waals surface area contributed by atoms with E-state index in [1.165, 1.54) is 0 Å². The monoisotopic (exact) mass is 361 g/mol. The predicted molar refractivity (Wildman–Crippen MR) is 93.2 cm³/mol. The minimum atomic E-state index is -0.889. The highest BCUT2D eigenvalue weighted by atomic mass is 19.1. The number of nitro groups is 1. The molecule has 3 rings (SSSR count). The van der Waals surface area contributed by atoms with Crippen molar-refractivity contribution in [3.05, 3.63) is 56.8 Å². The standard InChI is InChI=1S/C18H20FN3O4/c1-9-4-11-13(7-18(2,3)8-15(11)26-9)21-17(23)12-5-10(19)6-14(16(12)20)22(24)25/h4-6,13H,7-8,20H2,1-3H3,(H,21,23)/t13-/m1/s1. The molecule has 0 fully saturated rings. The van der Waals surface area contributed by atoms with Crippen molar-refractivity contribution in [3.8, 4) is 0 Å². The molecule has 0 bridgehead atoms. The van der Waals surface area contributed by atoms with Crippen LogP contribution in [0.25, 0.3) is 0 Å². The number of furan rings is 1. The molecule has 0 saturated heterocycles. The topological polar surface area (TPSA) is 111 Å². The number of nitrogen functional groups attached to an aromatic ring is 1. The van der Waals surface area contributed by atoms with E-state index in [0.29, 0.717) is 12.5 Å². The van der Waals surface area contributed by atoms with Gasteiger partial charge in [-0.15, -0.1) is 0 Å². The summed E-state index contributed by atoms with van der Waals surface area (Å²) in [6.45, 7) is 5.96. The number of nitrogens with one attached hydrogen (secondary N) is 1. The highest BCUT2D eigenvalue weighted by Crippen LogP contribution is 2.42. The Bertz CT molecular complexity index is 904. The van der Waals surface area contributed by atoms with Crippen molar-refractivity contribution in [2.75, 3.05) is 5.73 Å². The molecular formula is C18H20FN3O4. The molecule has 1 amide bonds. The number of benzene rings is 1. The second-order valence-electron chi connectivity index (χ2n) is 7.45. The zero-order chi connectivity index (χ0) is 19.2. The zero-order valence-electron chi connectivity index (χ0n) is 14.8. The van der Waals surface area contributed by atoms with Gasteiger partial charge in [-0.1, -0.05) is 13.8 Å². The van der Waals surface area contributed by atoms with Crippen LogP contribution in [-0.2, 0) is 6.42 Å². The number of amides is 1. The van der Waals surface area contributed by atoms with Crippen LogP contribution in [0.1, 0.15) is 53.8 Å². The summed E-state index contributed by atoms with van der Waals surface area (Å²) in [6, 6.07) is 3.13. The predicted octanol–water partition coefficient (Wildman–Crippen LogP) is 3.66. The first-order chi connectivity index (χ1) is 12.1. The van der Waals surface area contributed by atoms with E-state index in [9.17, 15) is 19.3 Å². The van der Waals surface area contributed by atoms with Gasteiger partial charge in [0.1, 0.15) is 23.0 Å². The molecule has 1 heterocycles. The molecule has 1 aromatic heterocycles. The van der Waals surface area contributed by atoms with E-state index < -0.39 is 22.3 Å². The number of nitrogens with zero attached hydrogens (tertiary/aromatic N) is 1. The zero-order valence-corrected chi connectivity index (χ0v) is 14.8. The quantitative estimate of drug-likeness (QED) is 0.492. The minimum absolute atomic E-state index is 0.102. The maximum absolute atomic E-state index is 13.7. The molecule has 0 radical (unpaired) electrons. The van der Waals surface area contributed by atoms with E-state index in [1.54, 1.807) is 0 Å². The average Bonchev–Trinajstić information content (AvgIpc) is 2.87. The third-order valence-corrected chi connectivity index (χ3v) is 4.61. The lowest BCUT2D eigenvalue weighted by atomic mass is 9.74. The van der Waals surface area contributed by atoms with Crippen molar-refractivity contribution in [1.82, 2.24) is 5.32 Å². The Labute approximate surface area is 149 Å². The first-order valence-corrected chi connectivity index (χ1v) is 8.21. The fourth-order valence-corrected chi connectivity index (χ4v) is 3.49. The number of aryl methyl sites for hydroxylation is 1. The van der Waals surface area contributed by atoms with Crippen molar-refractivity contribution >= 4 is 17.3 Å². The van der Waals surface area contributed by atoms with Gasteiger partial charge >= 0.3 is 0 Å². The second kappa shape index (κ2) is 6.12. The number of hydrogen-bond donors (Lipinski definition) is 2. The molecule has 138 valence electrons. The Morgan fingerprint density at radius 3 is 2.77 bits per heavy atom. The molecular weight excluding hydrogens is 341 g/mol. The third-order valence-electron chi connectivity index (χ3n) is 4.61. The summed E-state index contributed by atoms with van der Waals surface area (Å²) in [4.78, 5) is 22.9. The van der Waals surface area contributed by atoms with Crippen molar-refractivity contribution < 1.29 is 18.5 Å². The van der Waals surface area contributed by atoms with Crippen LogP contribution in [0.4, 0.5) is 15.8 Å². The second-order valence-corrected chi connectivity index (χ2v) is 7.45. The van der Waals surface area contributed by atoms with Crippen LogP contribution in [0.15, 0.2) is 22.6 Å². The lowest BCUT2D eigenvalue weighted by Gasteiger charge is -2.34. The molecule has 0 aliphatic heterocycles. The smallest absolute Gasteiger partial charge is 0.295 e. The van der Waals surface area contributed by atoms with Gasteiger partial charge in [0.15, 0.2) is 0 Å². The summed E-state index contributed by atoms with van der Waals surface area (Å²) in [6.07, 6.45) is 1.40. The van der Waals surface area contributed by atoms with Gasteiger partial charge in [0, 0.05) is 12.0 Å². The fourth-order valence-electron chi connectivity index (χ4n) is 3.49. The van der Waals surface area contributed by atoms with Crippen molar-refractivity contribution in [2.45, 2.75) is 39.7 Å². The molecule has 3 N–H and O–H groups in total. The Balaban J connectivity index is 1.95. The van der Waals surface area contributed by atoms with Gasteiger partial charge in [0.05, 0.1) is 22.6 Å². The van der Waals surface area contributed by atoms with Crippen molar-refractivity contribution in [1.29, 1.82) is 0 Å². The van der Waals surface area contributed by atoms with E-state index in [4.69, 9.17) is 10.2 Å². The van der Waals surface area contributed by atoms with Crippen LogP contribution in [0, 0.1) is 28.3 Å². The average molecular weight is 361 g/mol. The summed E-state index contributed by atoms with van der Waals surface area (Å²) >= 11 is 0. The lowest BCUT2D eigenvalue weighted by Crippen LogP contribution is -2.36. The number of fused-ring (bicyclic) bond motifs is 1. The summed E-state index contributed by atoms with van der Waals surface area (Å²) in [5.41, 5.74) is 5.27. The molecule has 7 nitrogen and oxygen atoms in total. The van der Waals surface area contributed by atoms with Gasteiger partial charge in [-0.3, -0.25) is 14.9 Å². The van der Waals surface area contributed by atoms with Gasteiger partial charge in [-0.05, 0) is 30.9 Å². The van der Waals surface area contributed by atoms with Crippen molar-refractivity contribution in [3.63, 3.8) is 0 Å². The van der Waals surface area contributed by atoms with Gasteiger partial charge < -0.3 is 15.5 Å². The number of halogens is 1. The highest BCUT2D eigenvalue weighted by Gasteiger charge is 2.36. The molecule has 0 saturated carbocycles. The van der Waals surface area contributed by atoms with Gasteiger partial charge in [0.2, 0.25) is 0 Å². The van der Waals surface area contributed by atoms with E-state index in [0.717, 1.165) is 29.6 Å². The largest absolute Gasteiger partial charge is 0.466 e. The molecule has 26 heavy (non-hydrogen) atoms. The molecule has 1 atom stereocenters. The normalized spacial score (nSPS) is 18.2. The molecule has 1 aliphatic rings. The lowest BCUT2D eigenvalue weighted by molar-refractivity contribution is -0.384. The summed E-state index contributed by atoms with van der Waals surface area (Å²) in [5, 5.41) is 13.8. The molecule has 1 aromatic carbocycles. The van der Waals surface area contributed by atoms with E-state index in [-0.39, 0.29) is 22.7 Å². The first-order valence-electron chi connectivity index (χ1n) is 8.21. The van der Waals surface area contributed by atoms with Crippen LogP contribution in [0.3, 0.4) is 0 Å². The van der Waals surface area contributed by atoms with E-state index in [2.05, 4.69) is 19.2 Å². The summed E-state index contributed by atoms with van der Waals surface area (Å²) in [5.74, 6) is 0.00701. The van der Waals surface area contributed by atoms with Crippen LogP contribution < -0.4 is 11.1 Å². The summed E-state index contributed by atoms with van der Waals surface area (Å²) < 4.78 is 19.4. The molecule has 0 spiro atoms. The molecule has 8 heteroatoms. The minimum Gasteiger partial charge on any atom is -0.466 e. The number of nitrogens with two attached hydrogens (primary N) is 1. The highest BCUT2D eigenvalue weighted by molar-refractivity contribution is 6.01. The number of rotatable bonds is 3. The van der Waals surface area contributed by atoms with Crippen LogP contribution >= 0.6 is 0 Å². The molecule has 2 aromatic rings. The van der Waals surface area contributed by atoms with Gasteiger partial charge in [-0.25, -0.2) is 4.39 Å². The number of anilines is 1. The van der Waals surface area contributed by atoms with E-state index >= 15 is 0 Å². The van der Waals surface area contributed by atoms with Gasteiger partial charge in [-0.2, -0.15) is 0 Å².